The van der Waals surface area contributed by atoms with Gasteiger partial charge in [0.05, 0.1) is 12.9 Å². The third kappa shape index (κ3) is 1.02. The first kappa shape index (κ1) is 7.37. The first-order valence-corrected chi connectivity index (χ1v) is 4.27. The lowest BCUT2D eigenvalue weighted by Crippen LogP contribution is -2.31. The molecule has 0 bridgehead atoms. The Morgan fingerprint density at radius 3 is 3.36 bits per heavy atom. The van der Waals surface area contributed by atoms with Gasteiger partial charge in [0.15, 0.2) is 5.82 Å². The summed E-state index contributed by atoms with van der Waals surface area (Å²) < 4.78 is 0. The number of rotatable bonds is 0. The molecule has 0 amide bonds. The van der Waals surface area contributed by atoms with Crippen LogP contribution in [0.15, 0.2) is 34.8 Å². The molecule has 3 rings (SSSR count). The molecule has 0 spiro atoms. The third-order valence-electron chi connectivity index (χ3n) is 2.14. The summed E-state index contributed by atoms with van der Waals surface area (Å²) in [5, 5.41) is 0. The van der Waals surface area contributed by atoms with E-state index in [1.54, 1.807) is 18.7 Å². The molecule has 0 aromatic carbocycles. The van der Waals surface area contributed by atoms with Gasteiger partial charge >= 0.3 is 0 Å². The molecule has 0 fully saturated rings. The van der Waals surface area contributed by atoms with Gasteiger partial charge in [-0.2, -0.15) is 0 Å². The van der Waals surface area contributed by atoms with Gasteiger partial charge in [0.25, 0.3) is 0 Å². The SMILES string of the molecule is C1=CC2=Nc3ncncc3CN2C=N1. The summed E-state index contributed by atoms with van der Waals surface area (Å²) in [4.78, 5) is 18.5. The lowest BCUT2D eigenvalue weighted by atomic mass is 10.2. The van der Waals surface area contributed by atoms with Crippen LogP contribution in [0.5, 0.6) is 0 Å². The van der Waals surface area contributed by atoms with Gasteiger partial charge in [0.1, 0.15) is 12.2 Å². The summed E-state index contributed by atoms with van der Waals surface area (Å²) in [5.41, 5.74) is 1.03. The Morgan fingerprint density at radius 1 is 1.36 bits per heavy atom. The monoisotopic (exact) mass is 185 g/mol. The van der Waals surface area contributed by atoms with E-state index in [1.807, 2.05) is 11.0 Å². The first-order valence-electron chi connectivity index (χ1n) is 4.27. The van der Waals surface area contributed by atoms with Crippen LogP contribution in [0.3, 0.4) is 0 Å². The van der Waals surface area contributed by atoms with E-state index in [9.17, 15) is 0 Å². The van der Waals surface area contributed by atoms with Crippen LogP contribution in [0.1, 0.15) is 5.56 Å². The van der Waals surface area contributed by atoms with E-state index < -0.39 is 0 Å². The van der Waals surface area contributed by atoms with E-state index in [0.29, 0.717) is 0 Å². The summed E-state index contributed by atoms with van der Waals surface area (Å²) in [6.07, 6.45) is 8.65. The van der Waals surface area contributed by atoms with E-state index in [0.717, 1.165) is 23.8 Å². The number of amidine groups is 1. The highest BCUT2D eigenvalue weighted by atomic mass is 15.2. The lowest BCUT2D eigenvalue weighted by Gasteiger charge is -2.25. The zero-order valence-corrected chi connectivity index (χ0v) is 7.33. The van der Waals surface area contributed by atoms with Crippen LogP contribution in [0.4, 0.5) is 5.82 Å². The fraction of sp³-hybridized carbons (Fsp3) is 0.111. The third-order valence-corrected chi connectivity index (χ3v) is 2.14. The van der Waals surface area contributed by atoms with Crippen LogP contribution in [-0.2, 0) is 6.54 Å². The predicted molar refractivity (Wildman–Crippen MR) is 52.3 cm³/mol. The second-order valence-electron chi connectivity index (χ2n) is 3.05. The van der Waals surface area contributed by atoms with E-state index in [2.05, 4.69) is 20.0 Å². The minimum Gasteiger partial charge on any atom is -0.312 e. The molecule has 2 aliphatic rings. The molecular weight excluding hydrogens is 178 g/mol. The zero-order chi connectivity index (χ0) is 9.38. The van der Waals surface area contributed by atoms with Gasteiger partial charge in [0.2, 0.25) is 0 Å². The average Bonchev–Trinajstić information content (AvgIpc) is 2.26. The standard InChI is InChI=1S/C9H7N5/c1-2-10-6-14-4-7-3-11-5-12-9(7)13-8(1)14/h1-3,5-6H,4H2. The summed E-state index contributed by atoms with van der Waals surface area (Å²) in [6.45, 7) is 0.739. The maximum absolute atomic E-state index is 4.38. The summed E-state index contributed by atoms with van der Waals surface area (Å²) in [5.74, 6) is 1.64. The zero-order valence-electron chi connectivity index (χ0n) is 7.33. The van der Waals surface area contributed by atoms with Crippen molar-refractivity contribution >= 4 is 18.0 Å². The molecule has 0 aliphatic carbocycles. The Hall–Kier alpha value is -2.04. The molecule has 0 saturated carbocycles. The number of aliphatic imine (C=N–C) groups is 2. The highest BCUT2D eigenvalue weighted by Crippen LogP contribution is 2.22. The fourth-order valence-electron chi connectivity index (χ4n) is 1.46. The van der Waals surface area contributed by atoms with Gasteiger partial charge in [-0.1, -0.05) is 0 Å². The number of aromatic nitrogens is 2. The molecule has 0 N–H and O–H groups in total. The van der Waals surface area contributed by atoms with Crippen LogP contribution in [0, 0.1) is 0 Å². The van der Waals surface area contributed by atoms with Crippen molar-refractivity contribution in [2.24, 2.45) is 9.98 Å². The van der Waals surface area contributed by atoms with Crippen LogP contribution in [-0.4, -0.2) is 27.0 Å². The average molecular weight is 185 g/mol. The van der Waals surface area contributed by atoms with Crippen molar-refractivity contribution < 1.29 is 0 Å². The maximum Gasteiger partial charge on any atom is 0.162 e. The second-order valence-corrected chi connectivity index (χ2v) is 3.05. The van der Waals surface area contributed by atoms with Crippen LogP contribution >= 0.6 is 0 Å². The molecule has 5 nitrogen and oxygen atoms in total. The van der Waals surface area contributed by atoms with Gasteiger partial charge in [0, 0.05) is 18.0 Å². The Balaban J connectivity index is 2.13. The van der Waals surface area contributed by atoms with Crippen molar-refractivity contribution in [3.63, 3.8) is 0 Å². The van der Waals surface area contributed by atoms with E-state index in [1.165, 1.54) is 6.33 Å². The maximum atomic E-state index is 4.38. The summed E-state index contributed by atoms with van der Waals surface area (Å²) in [7, 11) is 0. The molecule has 0 saturated heterocycles. The van der Waals surface area contributed by atoms with Crippen molar-refractivity contribution in [1.82, 2.24) is 14.9 Å². The van der Waals surface area contributed by atoms with Gasteiger partial charge < -0.3 is 4.90 Å². The van der Waals surface area contributed by atoms with Crippen LogP contribution in [0.2, 0.25) is 0 Å². The van der Waals surface area contributed by atoms with E-state index in [4.69, 9.17) is 0 Å². The Morgan fingerprint density at radius 2 is 2.36 bits per heavy atom. The predicted octanol–water partition coefficient (Wildman–Crippen LogP) is 0.878. The molecule has 0 radical (unpaired) electrons. The minimum absolute atomic E-state index is 0.739. The number of fused-ring (bicyclic) bond motifs is 2. The van der Waals surface area contributed by atoms with Gasteiger partial charge in [-0.15, -0.1) is 0 Å². The van der Waals surface area contributed by atoms with E-state index in [-0.39, 0.29) is 0 Å². The van der Waals surface area contributed by atoms with E-state index >= 15 is 0 Å². The Bertz CT molecular complexity index is 460. The molecule has 1 aromatic rings. The van der Waals surface area contributed by atoms with Gasteiger partial charge in [-0.05, 0) is 6.08 Å². The number of hydrogen-bond donors (Lipinski definition) is 0. The topological polar surface area (TPSA) is 53.7 Å². The number of nitrogens with zero attached hydrogens (tertiary/aromatic N) is 5. The molecule has 1 aromatic heterocycles. The molecule has 5 heteroatoms. The highest BCUT2D eigenvalue weighted by molar-refractivity contribution is 6.03. The second kappa shape index (κ2) is 2.73. The van der Waals surface area contributed by atoms with Gasteiger partial charge in [-0.25, -0.2) is 20.0 Å². The minimum atomic E-state index is 0.739. The summed E-state index contributed by atoms with van der Waals surface area (Å²) in [6, 6.07) is 0. The largest absolute Gasteiger partial charge is 0.312 e. The summed E-state index contributed by atoms with van der Waals surface area (Å²) >= 11 is 0. The normalized spacial score (nSPS) is 17.4. The molecule has 68 valence electrons. The molecule has 0 unspecified atom stereocenters. The quantitative estimate of drug-likeness (QED) is 0.602. The Kier molecular flexibility index (Phi) is 1.44. The van der Waals surface area contributed by atoms with Crippen LogP contribution < -0.4 is 0 Å². The highest BCUT2D eigenvalue weighted by Gasteiger charge is 2.18. The number of hydrogen-bond acceptors (Lipinski definition) is 5. The first-order chi connectivity index (χ1) is 6.93. The van der Waals surface area contributed by atoms with Crippen LogP contribution in [0.25, 0.3) is 0 Å². The van der Waals surface area contributed by atoms with Crippen molar-refractivity contribution in [3.05, 3.63) is 30.4 Å². The molecule has 3 heterocycles. The van der Waals surface area contributed by atoms with Crippen molar-refractivity contribution in [3.8, 4) is 0 Å². The van der Waals surface area contributed by atoms with Crippen molar-refractivity contribution in [1.29, 1.82) is 0 Å². The van der Waals surface area contributed by atoms with Crippen molar-refractivity contribution in [2.45, 2.75) is 6.54 Å². The Labute approximate surface area is 80.5 Å². The molecular formula is C9H7N5. The molecule has 14 heavy (non-hydrogen) atoms. The molecule has 0 atom stereocenters. The van der Waals surface area contributed by atoms with Gasteiger partial charge in [-0.3, -0.25) is 0 Å². The molecule has 2 aliphatic heterocycles. The lowest BCUT2D eigenvalue weighted by molar-refractivity contribution is 0.604. The smallest absolute Gasteiger partial charge is 0.162 e. The van der Waals surface area contributed by atoms with Crippen molar-refractivity contribution in [2.75, 3.05) is 0 Å². The fourth-order valence-corrected chi connectivity index (χ4v) is 1.46.